The second kappa shape index (κ2) is 6.53. The first-order valence-corrected chi connectivity index (χ1v) is 8.72. The number of halogens is 1. The fourth-order valence-electron chi connectivity index (χ4n) is 1.87. The molecule has 114 valence electrons. The van der Waals surface area contributed by atoms with E-state index in [0.29, 0.717) is 24.4 Å². The van der Waals surface area contributed by atoms with Crippen molar-refractivity contribution in [2.45, 2.75) is 11.3 Å². The Morgan fingerprint density at radius 1 is 1.52 bits per heavy atom. The van der Waals surface area contributed by atoms with Crippen LogP contribution in [0.5, 0.6) is 0 Å². The van der Waals surface area contributed by atoms with Gasteiger partial charge in [0, 0.05) is 17.7 Å². The Kier molecular flexibility index (Phi) is 5.15. The second-order valence-corrected chi connectivity index (χ2v) is 7.43. The first-order valence-electron chi connectivity index (χ1n) is 5.94. The lowest BCUT2D eigenvalue weighted by molar-refractivity contribution is 0.244. The predicted octanol–water partition coefficient (Wildman–Crippen LogP) is 2.31. The molecule has 21 heavy (non-hydrogen) atoms. The van der Waals surface area contributed by atoms with Crippen molar-refractivity contribution in [1.82, 2.24) is 0 Å². The van der Waals surface area contributed by atoms with Crippen LogP contribution < -0.4 is 10.5 Å². The van der Waals surface area contributed by atoms with Crippen LogP contribution in [-0.2, 0) is 14.8 Å². The highest BCUT2D eigenvalue weighted by molar-refractivity contribution is 8.11. The second-order valence-electron chi connectivity index (χ2n) is 4.34. The molecular formula is C12H13ClN2O3S3. The van der Waals surface area contributed by atoms with Crippen molar-refractivity contribution >= 4 is 56.4 Å². The number of rotatable bonds is 5. The van der Waals surface area contributed by atoms with E-state index in [1.165, 1.54) is 12.1 Å². The van der Waals surface area contributed by atoms with Gasteiger partial charge < -0.3 is 10.1 Å². The van der Waals surface area contributed by atoms with Gasteiger partial charge in [-0.05, 0) is 18.2 Å². The van der Waals surface area contributed by atoms with E-state index in [1.807, 2.05) is 6.08 Å². The standard InChI is InChI=1S/C12H13ClN2O3S3/c13-9-5-10(15-6-7-2-1-3-18-7)8(12(19)20)4-11(9)21(14,16)17/h2,4-5,15H,1,3,6H2,(H,19,20)(H2,14,16,17). The molecule has 0 radical (unpaired) electrons. The molecule has 0 aliphatic carbocycles. The zero-order chi connectivity index (χ0) is 15.6. The van der Waals surface area contributed by atoms with E-state index in [4.69, 9.17) is 33.7 Å². The third-order valence-electron chi connectivity index (χ3n) is 2.84. The predicted molar refractivity (Wildman–Crippen MR) is 90.7 cm³/mol. The molecule has 0 unspecified atom stereocenters. The quantitative estimate of drug-likeness (QED) is 0.551. The van der Waals surface area contributed by atoms with Crippen molar-refractivity contribution in [1.29, 1.82) is 0 Å². The van der Waals surface area contributed by atoms with Crippen LogP contribution in [0.4, 0.5) is 5.69 Å². The fourth-order valence-corrected chi connectivity index (χ4v) is 3.32. The molecule has 0 saturated heterocycles. The number of primary sulfonamides is 1. The van der Waals surface area contributed by atoms with Gasteiger partial charge >= 0.3 is 0 Å². The molecule has 9 heteroatoms. The largest absolute Gasteiger partial charge is 0.496 e. The molecule has 1 aromatic carbocycles. The summed E-state index contributed by atoms with van der Waals surface area (Å²) in [6.07, 6.45) is 2.85. The molecule has 0 amide bonds. The van der Waals surface area contributed by atoms with E-state index in [1.54, 1.807) is 0 Å². The summed E-state index contributed by atoms with van der Waals surface area (Å²) in [4.78, 5) is -0.183. The van der Waals surface area contributed by atoms with Gasteiger partial charge in [0.05, 0.1) is 22.4 Å². The summed E-state index contributed by atoms with van der Waals surface area (Å²) >= 11 is 15.1. The minimum absolute atomic E-state index is 0.0228. The average molecular weight is 365 g/mol. The number of ether oxygens (including phenoxy) is 1. The number of benzene rings is 1. The van der Waals surface area contributed by atoms with Crippen LogP contribution in [0.25, 0.3) is 0 Å². The summed E-state index contributed by atoms with van der Waals surface area (Å²) in [7, 11) is -3.93. The molecule has 0 spiro atoms. The van der Waals surface area contributed by atoms with Gasteiger partial charge in [-0.1, -0.05) is 23.8 Å². The van der Waals surface area contributed by atoms with Crippen LogP contribution in [0.2, 0.25) is 5.02 Å². The van der Waals surface area contributed by atoms with E-state index >= 15 is 0 Å². The molecule has 2 rings (SSSR count). The molecule has 0 aromatic heterocycles. The number of sulfonamides is 1. The van der Waals surface area contributed by atoms with Gasteiger partial charge in [0.15, 0.2) is 0 Å². The molecule has 0 bridgehead atoms. The summed E-state index contributed by atoms with van der Waals surface area (Å²) in [5, 5.41) is 8.25. The molecule has 0 atom stereocenters. The molecular weight excluding hydrogens is 352 g/mol. The molecule has 5 nitrogen and oxygen atoms in total. The first-order chi connectivity index (χ1) is 9.79. The van der Waals surface area contributed by atoms with Gasteiger partial charge in [0.25, 0.3) is 0 Å². The summed E-state index contributed by atoms with van der Waals surface area (Å²) in [5.41, 5.74) is 1.02. The topological polar surface area (TPSA) is 81.4 Å². The molecule has 0 fully saturated rings. The van der Waals surface area contributed by atoms with Crippen LogP contribution in [0.1, 0.15) is 12.0 Å². The monoisotopic (exact) mass is 364 g/mol. The van der Waals surface area contributed by atoms with Crippen LogP contribution in [0.3, 0.4) is 0 Å². The number of hydrogen-bond acceptors (Lipinski definition) is 5. The Hall–Kier alpha value is -0.800. The van der Waals surface area contributed by atoms with E-state index in [0.717, 1.165) is 12.2 Å². The number of thiocarbonyl (C=S) groups is 1. The highest BCUT2D eigenvalue weighted by Gasteiger charge is 2.18. The fraction of sp³-hybridized carbons (Fsp3) is 0.250. The van der Waals surface area contributed by atoms with E-state index in [9.17, 15) is 8.42 Å². The maximum Gasteiger partial charge on any atom is 0.239 e. The minimum Gasteiger partial charge on any atom is -0.496 e. The van der Waals surface area contributed by atoms with Gasteiger partial charge in [-0.3, -0.25) is 0 Å². The van der Waals surface area contributed by atoms with Gasteiger partial charge in [-0.15, -0.1) is 12.6 Å². The number of thiol groups is 1. The van der Waals surface area contributed by atoms with E-state index < -0.39 is 10.0 Å². The van der Waals surface area contributed by atoms with Crippen molar-refractivity contribution in [3.05, 3.63) is 34.6 Å². The number of nitrogens with two attached hydrogens (primary N) is 1. The number of anilines is 1. The maximum atomic E-state index is 11.5. The highest BCUT2D eigenvalue weighted by atomic mass is 35.5. The lowest BCUT2D eigenvalue weighted by Gasteiger charge is -2.14. The Bertz CT molecular complexity index is 717. The van der Waals surface area contributed by atoms with Gasteiger partial charge in [0.2, 0.25) is 10.0 Å². The van der Waals surface area contributed by atoms with Crippen molar-refractivity contribution in [2.75, 3.05) is 18.5 Å². The van der Waals surface area contributed by atoms with Crippen molar-refractivity contribution in [2.24, 2.45) is 5.14 Å². The lowest BCUT2D eigenvalue weighted by atomic mass is 10.2. The van der Waals surface area contributed by atoms with E-state index in [2.05, 4.69) is 17.9 Å². The summed E-state index contributed by atoms with van der Waals surface area (Å²) in [6, 6.07) is 2.79. The summed E-state index contributed by atoms with van der Waals surface area (Å²) in [6.45, 7) is 1.12. The Morgan fingerprint density at radius 3 is 2.76 bits per heavy atom. The van der Waals surface area contributed by atoms with Gasteiger partial charge in [0.1, 0.15) is 10.7 Å². The zero-order valence-corrected chi connectivity index (χ0v) is 14.1. The molecule has 1 aliphatic heterocycles. The van der Waals surface area contributed by atoms with Crippen molar-refractivity contribution in [3.63, 3.8) is 0 Å². The Balaban J connectivity index is 2.36. The van der Waals surface area contributed by atoms with Crippen LogP contribution in [0.15, 0.2) is 28.9 Å². The van der Waals surface area contributed by atoms with Crippen LogP contribution in [-0.4, -0.2) is 25.8 Å². The maximum absolute atomic E-state index is 11.5. The smallest absolute Gasteiger partial charge is 0.239 e. The van der Waals surface area contributed by atoms with Gasteiger partial charge in [-0.2, -0.15) is 0 Å². The average Bonchev–Trinajstić information content (AvgIpc) is 2.87. The highest BCUT2D eigenvalue weighted by Crippen LogP contribution is 2.30. The zero-order valence-electron chi connectivity index (χ0n) is 10.8. The van der Waals surface area contributed by atoms with Crippen molar-refractivity contribution < 1.29 is 13.2 Å². The minimum atomic E-state index is -3.93. The van der Waals surface area contributed by atoms with Crippen molar-refractivity contribution in [3.8, 4) is 0 Å². The molecule has 1 heterocycles. The molecule has 1 aliphatic rings. The number of nitrogens with one attached hydrogen (secondary N) is 1. The summed E-state index contributed by atoms with van der Waals surface area (Å²) in [5.74, 6) is 0.817. The van der Waals surface area contributed by atoms with Gasteiger partial charge in [-0.25, -0.2) is 13.6 Å². The molecule has 0 saturated carbocycles. The third-order valence-corrected chi connectivity index (χ3v) is 4.68. The summed E-state index contributed by atoms with van der Waals surface area (Å²) < 4.78 is 28.6. The Labute approximate surface area is 139 Å². The van der Waals surface area contributed by atoms with Crippen LogP contribution in [0, 0.1) is 0 Å². The number of hydrogen-bond donors (Lipinski definition) is 3. The molecule has 3 N–H and O–H groups in total. The third kappa shape index (κ3) is 4.10. The SMILES string of the molecule is NS(=O)(=O)c1cc(C(=S)S)c(NCC2=CCCO2)cc1Cl. The molecule has 1 aromatic rings. The van der Waals surface area contributed by atoms with Crippen LogP contribution >= 0.6 is 36.4 Å². The normalized spacial score (nSPS) is 14.5. The van der Waals surface area contributed by atoms with E-state index in [-0.39, 0.29) is 14.1 Å². The Morgan fingerprint density at radius 2 is 2.24 bits per heavy atom. The first kappa shape index (κ1) is 16.6. The lowest BCUT2D eigenvalue weighted by Crippen LogP contribution is -2.15.